The number of H-pyrrole nitrogens is 1. The van der Waals surface area contributed by atoms with Gasteiger partial charge in [0.1, 0.15) is 5.75 Å². The molecule has 4 rings (SSSR count). The van der Waals surface area contributed by atoms with Gasteiger partial charge in [-0.2, -0.15) is 0 Å². The number of benzene rings is 1. The van der Waals surface area contributed by atoms with Crippen molar-refractivity contribution in [3.8, 4) is 5.75 Å². The van der Waals surface area contributed by atoms with E-state index in [1.165, 1.54) is 4.57 Å². The molecule has 0 unspecified atom stereocenters. The van der Waals surface area contributed by atoms with Crippen LogP contribution in [-0.2, 0) is 6.54 Å². The highest BCUT2D eigenvalue weighted by Gasteiger charge is 2.32. The van der Waals surface area contributed by atoms with Crippen molar-refractivity contribution in [2.75, 3.05) is 13.7 Å². The van der Waals surface area contributed by atoms with Crippen molar-refractivity contribution < 1.29 is 9.53 Å². The van der Waals surface area contributed by atoms with Crippen LogP contribution < -0.4 is 16.0 Å². The van der Waals surface area contributed by atoms with E-state index < -0.39 is 11.2 Å². The topological polar surface area (TPSA) is 97.3 Å². The second kappa shape index (κ2) is 8.61. The van der Waals surface area contributed by atoms with Crippen LogP contribution >= 0.6 is 0 Å². The van der Waals surface area contributed by atoms with Gasteiger partial charge in [-0.25, -0.2) is 9.78 Å². The van der Waals surface area contributed by atoms with Gasteiger partial charge in [-0.1, -0.05) is 26.0 Å². The van der Waals surface area contributed by atoms with E-state index in [4.69, 9.17) is 4.74 Å². The fourth-order valence-electron chi connectivity index (χ4n) is 4.39. The van der Waals surface area contributed by atoms with Gasteiger partial charge < -0.3 is 9.64 Å². The number of hydrogen-bond acceptors (Lipinski definition) is 5. The largest absolute Gasteiger partial charge is 0.497 e. The molecule has 0 aliphatic carbocycles. The van der Waals surface area contributed by atoms with E-state index in [9.17, 15) is 14.4 Å². The minimum atomic E-state index is -0.582. The fourth-order valence-corrected chi connectivity index (χ4v) is 4.39. The summed E-state index contributed by atoms with van der Waals surface area (Å²) in [6.07, 6.45) is 1.71. The Kier molecular flexibility index (Phi) is 5.86. The van der Waals surface area contributed by atoms with E-state index in [1.54, 1.807) is 13.2 Å². The van der Waals surface area contributed by atoms with Gasteiger partial charge in [0.15, 0.2) is 5.65 Å². The number of carbonyl (C=O) groups is 1. The minimum absolute atomic E-state index is 0.0293. The predicted octanol–water partition coefficient (Wildman–Crippen LogP) is 3.21. The molecule has 0 bridgehead atoms. The lowest BCUT2D eigenvalue weighted by atomic mass is 10.0. The molecular formula is C24H28N4O4. The van der Waals surface area contributed by atoms with Crippen LogP contribution in [0.15, 0.2) is 39.9 Å². The molecule has 1 N–H and O–H groups in total. The third-order valence-electron chi connectivity index (χ3n) is 6.12. The first-order valence-corrected chi connectivity index (χ1v) is 11.0. The average molecular weight is 437 g/mol. The predicted molar refractivity (Wildman–Crippen MR) is 122 cm³/mol. The first-order chi connectivity index (χ1) is 15.3. The summed E-state index contributed by atoms with van der Waals surface area (Å²) >= 11 is 0. The number of aryl methyl sites for hydroxylation is 1. The van der Waals surface area contributed by atoms with E-state index in [-0.39, 0.29) is 28.9 Å². The molecule has 3 aromatic rings. The number of methoxy groups -OCH3 is 1. The molecule has 0 spiro atoms. The first-order valence-electron chi connectivity index (χ1n) is 11.0. The molecule has 2 aromatic heterocycles. The van der Waals surface area contributed by atoms with Gasteiger partial charge >= 0.3 is 5.69 Å². The quantitative estimate of drug-likeness (QED) is 0.662. The van der Waals surface area contributed by atoms with Crippen molar-refractivity contribution in [3.63, 3.8) is 0 Å². The SMILES string of the molecule is CCn1c(=O)[nH]c(=O)c2c(C(=O)N3CCC[C@H]3c3ccc(OC)cc3)cc(C(C)C)nc21. The summed E-state index contributed by atoms with van der Waals surface area (Å²) in [6.45, 7) is 6.69. The summed E-state index contributed by atoms with van der Waals surface area (Å²) in [5.74, 6) is 0.571. The number of amides is 1. The normalized spacial score (nSPS) is 16.2. The first kappa shape index (κ1) is 21.8. The van der Waals surface area contributed by atoms with E-state index in [0.717, 1.165) is 24.2 Å². The van der Waals surface area contributed by atoms with E-state index in [2.05, 4.69) is 9.97 Å². The van der Waals surface area contributed by atoms with Gasteiger partial charge in [0.2, 0.25) is 0 Å². The highest BCUT2D eigenvalue weighted by Crippen LogP contribution is 2.35. The minimum Gasteiger partial charge on any atom is -0.497 e. The molecule has 8 nitrogen and oxygen atoms in total. The van der Waals surface area contributed by atoms with Crippen molar-refractivity contribution in [2.45, 2.75) is 52.1 Å². The Balaban J connectivity index is 1.87. The number of carbonyl (C=O) groups excluding carboxylic acids is 1. The second-order valence-electron chi connectivity index (χ2n) is 8.38. The zero-order chi connectivity index (χ0) is 23.0. The number of aromatic nitrogens is 3. The molecule has 32 heavy (non-hydrogen) atoms. The standard InChI is InChI=1S/C24H28N4O4/c1-5-27-21-20(22(29)26-24(27)31)17(13-18(25-21)14(2)3)23(30)28-12-6-7-19(28)15-8-10-16(32-4)11-9-15/h8-11,13-14,19H,5-7,12H2,1-4H3,(H,26,29,31)/t19-/m0/s1. The lowest BCUT2D eigenvalue weighted by Crippen LogP contribution is -2.35. The summed E-state index contributed by atoms with van der Waals surface area (Å²) in [5, 5.41) is 0.168. The second-order valence-corrected chi connectivity index (χ2v) is 8.38. The van der Waals surface area contributed by atoms with Crippen LogP contribution in [0.5, 0.6) is 5.75 Å². The Hall–Kier alpha value is -3.42. The maximum Gasteiger partial charge on any atom is 0.329 e. The van der Waals surface area contributed by atoms with Crippen LogP contribution in [0.3, 0.4) is 0 Å². The molecule has 0 saturated carbocycles. The monoisotopic (exact) mass is 436 g/mol. The molecule has 1 aromatic carbocycles. The van der Waals surface area contributed by atoms with Crippen LogP contribution in [0.25, 0.3) is 11.0 Å². The smallest absolute Gasteiger partial charge is 0.329 e. The Morgan fingerprint density at radius 1 is 1.25 bits per heavy atom. The molecule has 1 aliphatic rings. The number of aromatic amines is 1. The summed E-state index contributed by atoms with van der Waals surface area (Å²) in [5.41, 5.74) is 1.15. The Morgan fingerprint density at radius 3 is 2.59 bits per heavy atom. The molecule has 0 radical (unpaired) electrons. The summed E-state index contributed by atoms with van der Waals surface area (Å²) < 4.78 is 6.66. The van der Waals surface area contributed by atoms with Gasteiger partial charge in [-0.3, -0.25) is 19.1 Å². The van der Waals surface area contributed by atoms with Crippen molar-refractivity contribution in [2.24, 2.45) is 0 Å². The van der Waals surface area contributed by atoms with E-state index >= 15 is 0 Å². The molecule has 1 atom stereocenters. The molecule has 8 heteroatoms. The number of rotatable bonds is 5. The molecule has 3 heterocycles. The summed E-state index contributed by atoms with van der Waals surface area (Å²) in [7, 11) is 1.62. The highest BCUT2D eigenvalue weighted by atomic mass is 16.5. The molecule has 1 aliphatic heterocycles. The number of nitrogens with one attached hydrogen (secondary N) is 1. The van der Waals surface area contributed by atoms with Crippen molar-refractivity contribution >= 4 is 16.9 Å². The lowest BCUT2D eigenvalue weighted by molar-refractivity contribution is 0.0737. The number of fused-ring (bicyclic) bond motifs is 1. The zero-order valence-electron chi connectivity index (χ0n) is 18.8. The Morgan fingerprint density at radius 2 is 1.97 bits per heavy atom. The number of pyridine rings is 1. The number of hydrogen-bond donors (Lipinski definition) is 1. The van der Waals surface area contributed by atoms with Gasteiger partial charge in [-0.05, 0) is 49.4 Å². The maximum atomic E-state index is 13.8. The van der Waals surface area contributed by atoms with Gasteiger partial charge in [-0.15, -0.1) is 0 Å². The Labute approximate surface area is 185 Å². The highest BCUT2D eigenvalue weighted by molar-refractivity contribution is 6.05. The maximum absolute atomic E-state index is 13.8. The molecular weight excluding hydrogens is 408 g/mol. The van der Waals surface area contributed by atoms with E-state index in [1.807, 2.05) is 49.9 Å². The van der Waals surface area contributed by atoms with Gasteiger partial charge in [0.05, 0.1) is 24.1 Å². The van der Waals surface area contributed by atoms with Crippen LogP contribution in [0.4, 0.5) is 0 Å². The van der Waals surface area contributed by atoms with Crippen LogP contribution in [0.1, 0.15) is 67.2 Å². The van der Waals surface area contributed by atoms with Crippen LogP contribution in [0, 0.1) is 0 Å². The fraction of sp³-hybridized carbons (Fsp3) is 0.417. The van der Waals surface area contributed by atoms with Crippen LogP contribution in [0.2, 0.25) is 0 Å². The third-order valence-corrected chi connectivity index (χ3v) is 6.12. The average Bonchev–Trinajstić information content (AvgIpc) is 3.28. The van der Waals surface area contributed by atoms with E-state index in [0.29, 0.717) is 24.3 Å². The van der Waals surface area contributed by atoms with Crippen molar-refractivity contribution in [1.29, 1.82) is 0 Å². The summed E-state index contributed by atoms with van der Waals surface area (Å²) in [4.78, 5) is 47.7. The van der Waals surface area contributed by atoms with Crippen molar-refractivity contribution in [1.82, 2.24) is 19.4 Å². The lowest BCUT2D eigenvalue weighted by Gasteiger charge is -2.26. The van der Waals surface area contributed by atoms with Gasteiger partial charge in [0, 0.05) is 18.8 Å². The molecule has 168 valence electrons. The number of ether oxygens (including phenoxy) is 1. The van der Waals surface area contributed by atoms with Crippen LogP contribution in [-0.4, -0.2) is 39.0 Å². The Bertz CT molecular complexity index is 1270. The third kappa shape index (κ3) is 3.70. The van der Waals surface area contributed by atoms with Crippen molar-refractivity contribution in [3.05, 3.63) is 68.0 Å². The summed E-state index contributed by atoms with van der Waals surface area (Å²) in [6, 6.07) is 9.34. The van der Waals surface area contributed by atoms with Gasteiger partial charge in [0.25, 0.3) is 11.5 Å². The molecule has 1 amide bonds. The molecule has 1 saturated heterocycles. The molecule has 1 fully saturated rings. The number of likely N-dealkylation sites (tertiary alicyclic amines) is 1. The zero-order valence-corrected chi connectivity index (χ0v) is 18.8. The number of nitrogens with zero attached hydrogens (tertiary/aromatic N) is 3.